The molecule has 4 heteroatoms. The van der Waals surface area contributed by atoms with E-state index >= 15 is 0 Å². The molecule has 0 saturated carbocycles. The molecule has 0 N–H and O–H groups in total. The van der Waals surface area contributed by atoms with Crippen LogP contribution in [0.3, 0.4) is 0 Å². The first-order valence-electron chi connectivity index (χ1n) is 3.89. The Kier molecular flexibility index (Phi) is 3.20. The number of rotatable bonds is 2. The number of hydrogen-bond donors (Lipinski definition) is 0. The van der Waals surface area contributed by atoms with Gasteiger partial charge in [-0.25, -0.2) is 13.2 Å². The normalized spacial score (nSPS) is 10.5. The molecule has 0 nitrogen and oxygen atoms in total. The highest BCUT2D eigenvalue weighted by Gasteiger charge is 2.16. The minimum atomic E-state index is -1.14. The molecule has 0 spiro atoms. The summed E-state index contributed by atoms with van der Waals surface area (Å²) in [5.74, 6) is -3.10. The molecule has 0 radical (unpaired) electrons. The summed E-state index contributed by atoms with van der Waals surface area (Å²) in [5.41, 5.74) is -0.271. The molecule has 1 rings (SSSR count). The molecule has 0 aromatic heterocycles. The summed E-state index contributed by atoms with van der Waals surface area (Å²) in [6.07, 6.45) is 0.683. The lowest BCUT2D eigenvalue weighted by Gasteiger charge is -2.05. The molecule has 0 aliphatic carbocycles. The van der Waals surface area contributed by atoms with Crippen LogP contribution in [0.1, 0.15) is 18.9 Å². The highest BCUT2D eigenvalue weighted by atomic mass is 35.5. The van der Waals surface area contributed by atoms with Gasteiger partial charge in [-0.05, 0) is 12.5 Å². The van der Waals surface area contributed by atoms with Gasteiger partial charge in [0.15, 0.2) is 11.6 Å². The maximum atomic E-state index is 13.1. The lowest BCUT2D eigenvalue weighted by atomic mass is 10.1. The van der Waals surface area contributed by atoms with Crippen molar-refractivity contribution in [2.45, 2.75) is 19.8 Å². The minimum absolute atomic E-state index is 0.148. The first-order valence-corrected chi connectivity index (χ1v) is 4.27. The van der Waals surface area contributed by atoms with Crippen molar-refractivity contribution < 1.29 is 13.2 Å². The standard InChI is InChI=1S/C9H8ClF3/c1-2-3-5-8(12)6(10)4-7(11)9(5)13/h4H,2-3H2,1H3. The second-order valence-electron chi connectivity index (χ2n) is 2.70. The van der Waals surface area contributed by atoms with Crippen molar-refractivity contribution in [1.82, 2.24) is 0 Å². The monoisotopic (exact) mass is 208 g/mol. The van der Waals surface area contributed by atoms with Crippen molar-refractivity contribution in [3.63, 3.8) is 0 Å². The fourth-order valence-corrected chi connectivity index (χ4v) is 1.30. The van der Waals surface area contributed by atoms with Gasteiger partial charge in [0.25, 0.3) is 0 Å². The summed E-state index contributed by atoms with van der Waals surface area (Å²) in [5, 5.41) is -0.373. The molecule has 1 aromatic rings. The molecule has 0 bridgehead atoms. The third-order valence-corrected chi connectivity index (χ3v) is 1.98. The van der Waals surface area contributed by atoms with Gasteiger partial charge in [0.2, 0.25) is 0 Å². The Balaban J connectivity index is 3.28. The molecular formula is C9H8ClF3. The zero-order valence-electron chi connectivity index (χ0n) is 7.00. The highest BCUT2D eigenvalue weighted by molar-refractivity contribution is 6.30. The van der Waals surface area contributed by atoms with E-state index in [9.17, 15) is 13.2 Å². The summed E-state index contributed by atoms with van der Waals surface area (Å²) in [7, 11) is 0. The van der Waals surface area contributed by atoms with E-state index in [0.717, 1.165) is 0 Å². The van der Waals surface area contributed by atoms with E-state index in [1.165, 1.54) is 0 Å². The van der Waals surface area contributed by atoms with E-state index in [0.29, 0.717) is 12.5 Å². The summed E-state index contributed by atoms with van der Waals surface area (Å²) in [6, 6.07) is 0.644. The number of benzene rings is 1. The first-order chi connectivity index (χ1) is 6.07. The Morgan fingerprint density at radius 3 is 2.38 bits per heavy atom. The molecule has 1 aromatic carbocycles. The van der Waals surface area contributed by atoms with E-state index in [4.69, 9.17) is 11.6 Å². The van der Waals surface area contributed by atoms with Gasteiger partial charge in [-0.2, -0.15) is 0 Å². The number of halogens is 4. The van der Waals surface area contributed by atoms with Gasteiger partial charge in [0, 0.05) is 5.56 Å². The van der Waals surface area contributed by atoms with Crippen LogP contribution in [0.25, 0.3) is 0 Å². The van der Waals surface area contributed by atoms with Gasteiger partial charge < -0.3 is 0 Å². The zero-order chi connectivity index (χ0) is 10.0. The molecule has 0 unspecified atom stereocenters. The molecule has 0 saturated heterocycles. The topological polar surface area (TPSA) is 0 Å². The van der Waals surface area contributed by atoms with Crippen molar-refractivity contribution in [1.29, 1.82) is 0 Å². The van der Waals surface area contributed by atoms with E-state index in [-0.39, 0.29) is 17.0 Å². The number of hydrogen-bond acceptors (Lipinski definition) is 0. The van der Waals surface area contributed by atoms with Gasteiger partial charge in [-0.3, -0.25) is 0 Å². The molecule has 72 valence electrons. The smallest absolute Gasteiger partial charge is 0.165 e. The van der Waals surface area contributed by atoms with Gasteiger partial charge in [-0.15, -0.1) is 0 Å². The largest absolute Gasteiger partial charge is 0.205 e. The van der Waals surface area contributed by atoms with Crippen molar-refractivity contribution >= 4 is 11.6 Å². The van der Waals surface area contributed by atoms with Crippen LogP contribution in [0.5, 0.6) is 0 Å². The Labute approximate surface area is 79.3 Å². The van der Waals surface area contributed by atoms with Crippen LogP contribution >= 0.6 is 11.6 Å². The van der Waals surface area contributed by atoms with Gasteiger partial charge in [0.1, 0.15) is 5.82 Å². The molecule has 13 heavy (non-hydrogen) atoms. The quantitative estimate of drug-likeness (QED) is 0.650. The SMILES string of the molecule is CCCc1c(F)c(F)cc(Cl)c1F. The molecular weight excluding hydrogens is 201 g/mol. The maximum Gasteiger partial charge on any atom is 0.165 e. The lowest BCUT2D eigenvalue weighted by molar-refractivity contribution is 0.478. The van der Waals surface area contributed by atoms with E-state index < -0.39 is 17.5 Å². The minimum Gasteiger partial charge on any atom is -0.205 e. The fourth-order valence-electron chi connectivity index (χ4n) is 1.09. The second-order valence-corrected chi connectivity index (χ2v) is 3.10. The first kappa shape index (κ1) is 10.4. The Morgan fingerprint density at radius 2 is 1.85 bits per heavy atom. The molecule has 0 amide bonds. The van der Waals surface area contributed by atoms with Crippen molar-refractivity contribution in [2.24, 2.45) is 0 Å². The fraction of sp³-hybridized carbons (Fsp3) is 0.333. The van der Waals surface area contributed by atoms with Crippen LogP contribution in [0.4, 0.5) is 13.2 Å². The predicted octanol–water partition coefficient (Wildman–Crippen LogP) is 3.71. The van der Waals surface area contributed by atoms with Crippen LogP contribution in [0.15, 0.2) is 6.07 Å². The summed E-state index contributed by atoms with van der Waals surface area (Å²) in [4.78, 5) is 0. The third kappa shape index (κ3) is 1.97. The summed E-state index contributed by atoms with van der Waals surface area (Å²) < 4.78 is 38.8. The van der Waals surface area contributed by atoms with E-state index in [1.54, 1.807) is 6.92 Å². The summed E-state index contributed by atoms with van der Waals surface area (Å²) in [6.45, 7) is 1.75. The molecule has 0 aliphatic rings. The Bertz CT molecular complexity index is 297. The van der Waals surface area contributed by atoms with Gasteiger partial charge in [-0.1, -0.05) is 24.9 Å². The van der Waals surface area contributed by atoms with Crippen LogP contribution in [-0.2, 0) is 6.42 Å². The molecule has 0 heterocycles. The average molecular weight is 209 g/mol. The molecule has 0 aliphatic heterocycles. The molecule has 0 fully saturated rings. The van der Waals surface area contributed by atoms with Crippen LogP contribution in [0, 0.1) is 17.5 Å². The third-order valence-electron chi connectivity index (χ3n) is 1.70. The predicted molar refractivity (Wildman–Crippen MR) is 45.3 cm³/mol. The van der Waals surface area contributed by atoms with Crippen LogP contribution in [-0.4, -0.2) is 0 Å². The van der Waals surface area contributed by atoms with Crippen LogP contribution in [0.2, 0.25) is 5.02 Å². The van der Waals surface area contributed by atoms with Crippen LogP contribution < -0.4 is 0 Å². The van der Waals surface area contributed by atoms with Gasteiger partial charge in [0.05, 0.1) is 5.02 Å². The van der Waals surface area contributed by atoms with E-state index in [2.05, 4.69) is 0 Å². The lowest BCUT2D eigenvalue weighted by Crippen LogP contribution is -1.99. The van der Waals surface area contributed by atoms with Crippen molar-refractivity contribution in [3.8, 4) is 0 Å². The van der Waals surface area contributed by atoms with Crippen molar-refractivity contribution in [3.05, 3.63) is 34.1 Å². The second kappa shape index (κ2) is 4.01. The Hall–Kier alpha value is -0.700. The summed E-state index contributed by atoms with van der Waals surface area (Å²) >= 11 is 5.35. The van der Waals surface area contributed by atoms with E-state index in [1.807, 2.05) is 0 Å². The maximum absolute atomic E-state index is 13.1. The van der Waals surface area contributed by atoms with Crippen molar-refractivity contribution in [2.75, 3.05) is 0 Å². The molecule has 0 atom stereocenters. The average Bonchev–Trinajstić information content (AvgIpc) is 2.09. The zero-order valence-corrected chi connectivity index (χ0v) is 7.76. The van der Waals surface area contributed by atoms with Gasteiger partial charge >= 0.3 is 0 Å². The Morgan fingerprint density at radius 1 is 1.23 bits per heavy atom. The highest BCUT2D eigenvalue weighted by Crippen LogP contribution is 2.24.